The smallest absolute Gasteiger partial charge is 0.348 e. The van der Waals surface area contributed by atoms with Crippen molar-refractivity contribution < 1.29 is 18.0 Å². The normalized spacial score (nSPS) is 12.7. The van der Waals surface area contributed by atoms with Crippen molar-refractivity contribution in [3.05, 3.63) is 69.6 Å². The van der Waals surface area contributed by atoms with Crippen LogP contribution in [0.1, 0.15) is 28.5 Å². The van der Waals surface area contributed by atoms with Gasteiger partial charge in [0.2, 0.25) is 5.56 Å². The number of hydrogen-bond acceptors (Lipinski definition) is 2. The Kier molecular flexibility index (Phi) is 4.88. The van der Waals surface area contributed by atoms with E-state index in [9.17, 15) is 22.8 Å². The van der Waals surface area contributed by atoms with E-state index in [1.165, 1.54) is 36.4 Å². The molecule has 0 saturated heterocycles. The number of hydrogen-bond donors (Lipinski definition) is 2. The molecule has 122 valence electrons. The van der Waals surface area contributed by atoms with Gasteiger partial charge in [-0.1, -0.05) is 24.3 Å². The maximum atomic E-state index is 12.9. The standard InChI is InChI=1S/C16H15F3N2O2/c1-10(20-15(23)13-7-4-8-14(22)21-13)9-11-5-2-3-6-12(11)16(17,18)19/h2-8,10H,9H2,1H3,(H,20,23)(H,21,22)/t10-/m0/s1. The molecule has 1 amide bonds. The number of rotatable bonds is 4. The van der Waals surface area contributed by atoms with Crippen molar-refractivity contribution in [2.75, 3.05) is 0 Å². The second-order valence-electron chi connectivity index (χ2n) is 5.16. The van der Waals surface area contributed by atoms with E-state index < -0.39 is 29.2 Å². The topological polar surface area (TPSA) is 62.0 Å². The number of aromatic nitrogens is 1. The summed E-state index contributed by atoms with van der Waals surface area (Å²) in [6.45, 7) is 1.60. The molecule has 1 atom stereocenters. The van der Waals surface area contributed by atoms with E-state index >= 15 is 0 Å². The molecule has 0 saturated carbocycles. The third-order valence-electron chi connectivity index (χ3n) is 3.24. The Morgan fingerprint density at radius 2 is 1.87 bits per heavy atom. The monoisotopic (exact) mass is 324 g/mol. The lowest BCUT2D eigenvalue weighted by Gasteiger charge is -2.17. The highest BCUT2D eigenvalue weighted by Gasteiger charge is 2.33. The zero-order chi connectivity index (χ0) is 17.0. The fourth-order valence-corrected chi connectivity index (χ4v) is 2.24. The van der Waals surface area contributed by atoms with Crippen molar-refractivity contribution in [3.63, 3.8) is 0 Å². The van der Waals surface area contributed by atoms with Gasteiger partial charge >= 0.3 is 6.18 Å². The van der Waals surface area contributed by atoms with Gasteiger partial charge in [0.1, 0.15) is 5.69 Å². The molecule has 1 aromatic carbocycles. The fourth-order valence-electron chi connectivity index (χ4n) is 2.24. The molecule has 0 aliphatic rings. The number of H-pyrrole nitrogens is 1. The van der Waals surface area contributed by atoms with Crippen LogP contribution in [0.5, 0.6) is 0 Å². The lowest BCUT2D eigenvalue weighted by atomic mass is 10.0. The summed E-state index contributed by atoms with van der Waals surface area (Å²) < 4.78 is 38.8. The molecule has 1 aromatic heterocycles. The van der Waals surface area contributed by atoms with Crippen molar-refractivity contribution in [2.45, 2.75) is 25.6 Å². The minimum atomic E-state index is -4.44. The van der Waals surface area contributed by atoms with Crippen LogP contribution in [0.25, 0.3) is 0 Å². The molecule has 2 N–H and O–H groups in total. The van der Waals surface area contributed by atoms with Crippen LogP contribution in [-0.4, -0.2) is 16.9 Å². The van der Waals surface area contributed by atoms with E-state index in [0.29, 0.717) is 0 Å². The first-order chi connectivity index (χ1) is 10.8. The van der Waals surface area contributed by atoms with Crippen molar-refractivity contribution in [3.8, 4) is 0 Å². The lowest BCUT2D eigenvalue weighted by Crippen LogP contribution is -2.35. The summed E-state index contributed by atoms with van der Waals surface area (Å²) >= 11 is 0. The number of benzene rings is 1. The Bertz CT molecular complexity index is 753. The van der Waals surface area contributed by atoms with Gasteiger partial charge in [-0.05, 0) is 31.0 Å². The summed E-state index contributed by atoms with van der Waals surface area (Å²) in [5, 5.41) is 2.57. The third-order valence-corrected chi connectivity index (χ3v) is 3.24. The number of nitrogens with one attached hydrogen (secondary N) is 2. The highest BCUT2D eigenvalue weighted by Crippen LogP contribution is 2.32. The number of alkyl halides is 3. The highest BCUT2D eigenvalue weighted by molar-refractivity contribution is 5.92. The SMILES string of the molecule is C[C@@H](Cc1ccccc1C(F)(F)F)NC(=O)c1cccc(=O)[nH]1. The van der Waals surface area contributed by atoms with Gasteiger partial charge in [-0.15, -0.1) is 0 Å². The number of carbonyl (C=O) groups excluding carboxylic acids is 1. The Hall–Kier alpha value is -2.57. The molecule has 0 fully saturated rings. The van der Waals surface area contributed by atoms with Crippen LogP contribution in [0.3, 0.4) is 0 Å². The first-order valence-corrected chi connectivity index (χ1v) is 6.92. The van der Waals surface area contributed by atoms with Crippen LogP contribution in [-0.2, 0) is 12.6 Å². The van der Waals surface area contributed by atoms with Crippen LogP contribution < -0.4 is 10.9 Å². The van der Waals surface area contributed by atoms with Crippen LogP contribution in [0.4, 0.5) is 13.2 Å². The summed E-state index contributed by atoms with van der Waals surface area (Å²) in [5.74, 6) is -0.542. The maximum absolute atomic E-state index is 12.9. The van der Waals surface area contributed by atoms with Crippen molar-refractivity contribution >= 4 is 5.91 Å². The Balaban J connectivity index is 2.10. The quantitative estimate of drug-likeness (QED) is 0.908. The molecule has 0 unspecified atom stereocenters. The second kappa shape index (κ2) is 6.68. The number of halogens is 3. The first kappa shape index (κ1) is 16.8. The summed E-state index contributed by atoms with van der Waals surface area (Å²) in [4.78, 5) is 25.5. The van der Waals surface area contributed by atoms with Crippen molar-refractivity contribution in [2.24, 2.45) is 0 Å². The van der Waals surface area contributed by atoms with Gasteiger partial charge in [-0.3, -0.25) is 9.59 Å². The van der Waals surface area contributed by atoms with Crippen molar-refractivity contribution in [1.29, 1.82) is 0 Å². The average molecular weight is 324 g/mol. The molecule has 0 spiro atoms. The van der Waals surface area contributed by atoms with Gasteiger partial charge in [0.15, 0.2) is 0 Å². The van der Waals surface area contributed by atoms with E-state index in [4.69, 9.17) is 0 Å². The predicted molar refractivity (Wildman–Crippen MR) is 79.1 cm³/mol. The number of aromatic amines is 1. The van der Waals surface area contributed by atoms with E-state index in [1.54, 1.807) is 6.92 Å². The van der Waals surface area contributed by atoms with Gasteiger partial charge in [0, 0.05) is 12.1 Å². The zero-order valence-electron chi connectivity index (χ0n) is 12.3. The van der Waals surface area contributed by atoms with Crippen LogP contribution >= 0.6 is 0 Å². The first-order valence-electron chi connectivity index (χ1n) is 6.92. The minimum Gasteiger partial charge on any atom is -0.348 e. The summed E-state index contributed by atoms with van der Waals surface area (Å²) in [7, 11) is 0. The third kappa shape index (κ3) is 4.45. The van der Waals surface area contributed by atoms with Crippen molar-refractivity contribution in [1.82, 2.24) is 10.3 Å². The minimum absolute atomic E-state index is 0.0263. The van der Waals surface area contributed by atoms with E-state index in [-0.39, 0.29) is 17.7 Å². The van der Waals surface area contributed by atoms with E-state index in [0.717, 1.165) is 6.07 Å². The summed E-state index contributed by atoms with van der Waals surface area (Å²) in [6.07, 6.45) is -4.41. The van der Waals surface area contributed by atoms with Gasteiger partial charge in [0.05, 0.1) is 5.56 Å². The molecule has 4 nitrogen and oxygen atoms in total. The zero-order valence-corrected chi connectivity index (χ0v) is 12.3. The molecule has 1 heterocycles. The Morgan fingerprint density at radius 1 is 1.17 bits per heavy atom. The van der Waals surface area contributed by atoms with Gasteiger partial charge in [-0.25, -0.2) is 0 Å². The Morgan fingerprint density at radius 3 is 2.52 bits per heavy atom. The Labute approximate surface area is 130 Å². The van der Waals surface area contributed by atoms with E-state index in [1.807, 2.05) is 0 Å². The molecular weight excluding hydrogens is 309 g/mol. The van der Waals surface area contributed by atoms with Gasteiger partial charge in [-0.2, -0.15) is 13.2 Å². The fraction of sp³-hybridized carbons (Fsp3) is 0.250. The summed E-state index contributed by atoms with van der Waals surface area (Å²) in [5.41, 5.74) is -0.968. The molecule has 0 radical (unpaired) electrons. The van der Waals surface area contributed by atoms with Gasteiger partial charge < -0.3 is 10.3 Å². The number of carbonyl (C=O) groups is 1. The van der Waals surface area contributed by atoms with Crippen LogP contribution in [0.2, 0.25) is 0 Å². The van der Waals surface area contributed by atoms with Crippen LogP contribution in [0, 0.1) is 0 Å². The van der Waals surface area contributed by atoms with E-state index in [2.05, 4.69) is 10.3 Å². The average Bonchev–Trinajstić information content (AvgIpc) is 2.46. The maximum Gasteiger partial charge on any atom is 0.416 e. The molecule has 0 bridgehead atoms. The molecule has 23 heavy (non-hydrogen) atoms. The molecular formula is C16H15F3N2O2. The molecule has 2 rings (SSSR count). The lowest BCUT2D eigenvalue weighted by molar-refractivity contribution is -0.138. The van der Waals surface area contributed by atoms with Gasteiger partial charge in [0.25, 0.3) is 5.91 Å². The largest absolute Gasteiger partial charge is 0.416 e. The molecule has 0 aliphatic carbocycles. The predicted octanol–water partition coefficient (Wildman–Crippen LogP) is 2.75. The number of pyridine rings is 1. The van der Waals surface area contributed by atoms with Crippen LogP contribution in [0.15, 0.2) is 47.3 Å². The highest BCUT2D eigenvalue weighted by atomic mass is 19.4. The molecule has 2 aromatic rings. The molecule has 7 heteroatoms. The second-order valence-corrected chi connectivity index (χ2v) is 5.16. The number of amides is 1. The molecule has 0 aliphatic heterocycles. The summed E-state index contributed by atoms with van der Waals surface area (Å²) in [6, 6.07) is 8.83.